The number of halogens is 1. The van der Waals surface area contributed by atoms with Gasteiger partial charge in [-0.2, -0.15) is 0 Å². The molecule has 1 saturated carbocycles. The summed E-state index contributed by atoms with van der Waals surface area (Å²) in [5.41, 5.74) is 0.501. The van der Waals surface area contributed by atoms with Crippen LogP contribution in [-0.4, -0.2) is 17.8 Å². The highest BCUT2D eigenvalue weighted by Gasteiger charge is 2.22. The molecule has 0 aromatic heterocycles. The van der Waals surface area contributed by atoms with E-state index in [4.69, 9.17) is 0 Å². The Hall–Kier alpha value is -1.09. The summed E-state index contributed by atoms with van der Waals surface area (Å²) in [6.07, 6.45) is 7.28. The fourth-order valence-electron chi connectivity index (χ4n) is 2.80. The lowest BCUT2D eigenvalue weighted by molar-refractivity contribution is 0.227. The highest BCUT2D eigenvalue weighted by Crippen LogP contribution is 2.27. The molecule has 1 aliphatic carbocycles. The second-order valence-electron chi connectivity index (χ2n) is 5.16. The molecule has 0 spiro atoms. The first-order chi connectivity index (χ1) is 8.81. The number of benzene rings is 1. The first-order valence-corrected chi connectivity index (χ1v) is 6.93. The molecule has 1 aromatic carbocycles. The van der Waals surface area contributed by atoms with Gasteiger partial charge in [0.05, 0.1) is 18.3 Å². The maximum absolute atomic E-state index is 13.6. The summed E-state index contributed by atoms with van der Waals surface area (Å²) in [5, 5.41) is 12.7. The van der Waals surface area contributed by atoms with Gasteiger partial charge < -0.3 is 10.4 Å². The second kappa shape index (κ2) is 6.74. The van der Waals surface area contributed by atoms with E-state index in [9.17, 15) is 9.50 Å². The van der Waals surface area contributed by atoms with Crippen LogP contribution in [0.2, 0.25) is 0 Å². The molecule has 1 atom stereocenters. The fourth-order valence-corrected chi connectivity index (χ4v) is 2.80. The van der Waals surface area contributed by atoms with Crippen LogP contribution in [-0.2, 0) is 0 Å². The first kappa shape index (κ1) is 13.3. The Balaban J connectivity index is 2.02. The van der Waals surface area contributed by atoms with Crippen LogP contribution in [0.3, 0.4) is 0 Å². The molecule has 18 heavy (non-hydrogen) atoms. The van der Waals surface area contributed by atoms with E-state index in [1.807, 2.05) is 6.07 Å². The van der Waals surface area contributed by atoms with E-state index < -0.39 is 0 Å². The zero-order chi connectivity index (χ0) is 12.8. The molecule has 0 amide bonds. The van der Waals surface area contributed by atoms with Crippen LogP contribution in [0.1, 0.15) is 38.5 Å². The topological polar surface area (TPSA) is 32.3 Å². The van der Waals surface area contributed by atoms with E-state index in [1.165, 1.54) is 31.7 Å². The maximum Gasteiger partial charge on any atom is 0.146 e. The van der Waals surface area contributed by atoms with Crippen molar-refractivity contribution in [2.24, 2.45) is 5.92 Å². The van der Waals surface area contributed by atoms with Crippen LogP contribution in [0, 0.1) is 11.7 Å². The molecule has 2 nitrogen and oxygen atoms in total. The number of hydrogen-bond acceptors (Lipinski definition) is 2. The molecule has 1 aliphatic rings. The highest BCUT2D eigenvalue weighted by molar-refractivity contribution is 5.45. The van der Waals surface area contributed by atoms with Crippen molar-refractivity contribution in [3.8, 4) is 0 Å². The molecule has 2 rings (SSSR count). The van der Waals surface area contributed by atoms with Crippen molar-refractivity contribution in [1.82, 2.24) is 0 Å². The SMILES string of the molecule is OCC(Nc1ccccc1F)C1CCCCCC1. The molecule has 0 saturated heterocycles. The lowest BCUT2D eigenvalue weighted by Crippen LogP contribution is -2.32. The summed E-state index contributed by atoms with van der Waals surface area (Å²) in [4.78, 5) is 0. The molecule has 1 fully saturated rings. The van der Waals surface area contributed by atoms with Crippen molar-refractivity contribution in [2.75, 3.05) is 11.9 Å². The molecule has 1 aromatic rings. The lowest BCUT2D eigenvalue weighted by Gasteiger charge is -2.26. The largest absolute Gasteiger partial charge is 0.394 e. The Labute approximate surface area is 108 Å². The van der Waals surface area contributed by atoms with Gasteiger partial charge in [0.1, 0.15) is 5.82 Å². The van der Waals surface area contributed by atoms with Crippen molar-refractivity contribution in [1.29, 1.82) is 0 Å². The van der Waals surface area contributed by atoms with Gasteiger partial charge in [-0.05, 0) is 30.9 Å². The smallest absolute Gasteiger partial charge is 0.146 e. The van der Waals surface area contributed by atoms with E-state index >= 15 is 0 Å². The minimum atomic E-state index is -0.246. The number of nitrogens with one attached hydrogen (secondary N) is 1. The minimum absolute atomic E-state index is 0.0278. The minimum Gasteiger partial charge on any atom is -0.394 e. The van der Waals surface area contributed by atoms with Crippen molar-refractivity contribution in [2.45, 2.75) is 44.6 Å². The zero-order valence-corrected chi connectivity index (χ0v) is 10.7. The van der Waals surface area contributed by atoms with Crippen molar-refractivity contribution in [3.63, 3.8) is 0 Å². The van der Waals surface area contributed by atoms with Crippen LogP contribution in [0.5, 0.6) is 0 Å². The molecular formula is C15H22FNO. The van der Waals surface area contributed by atoms with Crippen LogP contribution in [0.4, 0.5) is 10.1 Å². The third-order valence-electron chi connectivity index (χ3n) is 3.88. The van der Waals surface area contributed by atoms with Gasteiger partial charge in [0.25, 0.3) is 0 Å². The Morgan fingerprint density at radius 2 is 1.83 bits per heavy atom. The summed E-state index contributed by atoms with van der Waals surface area (Å²) >= 11 is 0. The summed E-state index contributed by atoms with van der Waals surface area (Å²) in [6, 6.07) is 6.64. The van der Waals surface area contributed by atoms with Crippen LogP contribution >= 0.6 is 0 Å². The average Bonchev–Trinajstić information content (AvgIpc) is 2.67. The Bertz CT molecular complexity index is 361. The predicted octanol–water partition coefficient (Wildman–Crippen LogP) is 3.57. The maximum atomic E-state index is 13.6. The molecule has 100 valence electrons. The van der Waals surface area contributed by atoms with Gasteiger partial charge in [0.15, 0.2) is 0 Å². The van der Waals surface area contributed by atoms with E-state index in [1.54, 1.807) is 12.1 Å². The first-order valence-electron chi connectivity index (χ1n) is 6.93. The third-order valence-corrected chi connectivity index (χ3v) is 3.88. The van der Waals surface area contributed by atoms with E-state index in [0.29, 0.717) is 11.6 Å². The lowest BCUT2D eigenvalue weighted by atomic mass is 9.92. The number of hydrogen-bond donors (Lipinski definition) is 2. The molecule has 2 N–H and O–H groups in total. The van der Waals surface area contributed by atoms with E-state index in [2.05, 4.69) is 5.32 Å². The quantitative estimate of drug-likeness (QED) is 0.802. The van der Waals surface area contributed by atoms with Gasteiger partial charge in [-0.3, -0.25) is 0 Å². The number of aliphatic hydroxyl groups excluding tert-OH is 1. The summed E-state index contributed by atoms with van der Waals surface area (Å²) in [5.74, 6) is 0.210. The molecule has 3 heteroatoms. The van der Waals surface area contributed by atoms with Crippen molar-refractivity contribution >= 4 is 5.69 Å². The number of aliphatic hydroxyl groups is 1. The van der Waals surface area contributed by atoms with Gasteiger partial charge in [-0.1, -0.05) is 37.8 Å². The average molecular weight is 251 g/mol. The van der Waals surface area contributed by atoms with E-state index in [-0.39, 0.29) is 18.5 Å². The second-order valence-corrected chi connectivity index (χ2v) is 5.16. The number of para-hydroxylation sites is 1. The molecule has 0 radical (unpaired) electrons. The standard InChI is InChI=1S/C15H22FNO/c16-13-9-5-6-10-14(13)17-15(11-18)12-7-3-1-2-4-8-12/h5-6,9-10,12,15,17-18H,1-4,7-8,11H2. The highest BCUT2D eigenvalue weighted by atomic mass is 19.1. The third kappa shape index (κ3) is 3.45. The van der Waals surface area contributed by atoms with Gasteiger partial charge >= 0.3 is 0 Å². The van der Waals surface area contributed by atoms with Gasteiger partial charge in [-0.25, -0.2) is 4.39 Å². The van der Waals surface area contributed by atoms with Gasteiger partial charge in [-0.15, -0.1) is 0 Å². The Kier molecular flexibility index (Phi) is 5.00. The Morgan fingerprint density at radius 1 is 1.17 bits per heavy atom. The van der Waals surface area contributed by atoms with Crippen LogP contribution in [0.25, 0.3) is 0 Å². The number of anilines is 1. The molecule has 0 aliphatic heterocycles. The molecule has 0 bridgehead atoms. The Morgan fingerprint density at radius 3 is 2.44 bits per heavy atom. The zero-order valence-electron chi connectivity index (χ0n) is 10.7. The summed E-state index contributed by atoms with van der Waals surface area (Å²) in [6.45, 7) is 0.0685. The normalized spacial score (nSPS) is 19.2. The molecular weight excluding hydrogens is 229 g/mol. The molecule has 1 unspecified atom stereocenters. The number of rotatable bonds is 4. The van der Waals surface area contributed by atoms with Crippen LogP contribution < -0.4 is 5.32 Å². The summed E-state index contributed by atoms with van der Waals surface area (Å²) in [7, 11) is 0. The van der Waals surface area contributed by atoms with Crippen molar-refractivity contribution < 1.29 is 9.50 Å². The van der Waals surface area contributed by atoms with E-state index in [0.717, 1.165) is 12.8 Å². The van der Waals surface area contributed by atoms with Gasteiger partial charge in [0, 0.05) is 0 Å². The van der Waals surface area contributed by atoms with Crippen molar-refractivity contribution in [3.05, 3.63) is 30.1 Å². The fraction of sp³-hybridized carbons (Fsp3) is 0.600. The summed E-state index contributed by atoms with van der Waals surface area (Å²) < 4.78 is 13.6. The monoisotopic (exact) mass is 251 g/mol. The predicted molar refractivity (Wildman–Crippen MR) is 72.1 cm³/mol. The molecule has 0 heterocycles. The van der Waals surface area contributed by atoms with Crippen LogP contribution in [0.15, 0.2) is 24.3 Å². The van der Waals surface area contributed by atoms with Gasteiger partial charge in [0.2, 0.25) is 0 Å².